The summed E-state index contributed by atoms with van der Waals surface area (Å²) in [5.41, 5.74) is 5.34. The number of para-hydroxylation sites is 1. The molecule has 0 aliphatic rings. The Kier molecular flexibility index (Phi) is 5.30. The Labute approximate surface area is 112 Å². The SMILES string of the molecule is COC(=O)C(C)(C)COc1c(F)cccc1CCN. The summed E-state index contributed by atoms with van der Waals surface area (Å²) in [6, 6.07) is 4.69. The summed E-state index contributed by atoms with van der Waals surface area (Å²) in [4.78, 5) is 11.5. The van der Waals surface area contributed by atoms with Crippen LogP contribution in [0.25, 0.3) is 0 Å². The number of hydrogen-bond acceptors (Lipinski definition) is 4. The molecule has 4 nitrogen and oxygen atoms in total. The summed E-state index contributed by atoms with van der Waals surface area (Å²) in [5, 5.41) is 0. The summed E-state index contributed by atoms with van der Waals surface area (Å²) in [6.07, 6.45) is 0.520. The molecule has 0 aromatic heterocycles. The predicted octanol–water partition coefficient (Wildman–Crippen LogP) is 1.90. The van der Waals surface area contributed by atoms with E-state index in [-0.39, 0.29) is 12.4 Å². The molecule has 0 saturated carbocycles. The van der Waals surface area contributed by atoms with Gasteiger partial charge >= 0.3 is 5.97 Å². The smallest absolute Gasteiger partial charge is 0.314 e. The van der Waals surface area contributed by atoms with Gasteiger partial charge in [0.2, 0.25) is 0 Å². The van der Waals surface area contributed by atoms with Crippen molar-refractivity contribution in [1.82, 2.24) is 0 Å². The molecule has 0 unspecified atom stereocenters. The number of ether oxygens (including phenoxy) is 2. The van der Waals surface area contributed by atoms with E-state index in [1.807, 2.05) is 0 Å². The highest BCUT2D eigenvalue weighted by atomic mass is 19.1. The minimum atomic E-state index is -0.836. The molecule has 0 saturated heterocycles. The number of carbonyl (C=O) groups excluding carboxylic acids is 1. The van der Waals surface area contributed by atoms with Crippen LogP contribution in [0.2, 0.25) is 0 Å². The fourth-order valence-corrected chi connectivity index (χ4v) is 1.66. The van der Waals surface area contributed by atoms with E-state index in [9.17, 15) is 9.18 Å². The molecule has 0 spiro atoms. The summed E-state index contributed by atoms with van der Waals surface area (Å²) in [6.45, 7) is 3.81. The van der Waals surface area contributed by atoms with Crippen molar-refractivity contribution in [1.29, 1.82) is 0 Å². The molecule has 0 amide bonds. The molecule has 0 atom stereocenters. The minimum absolute atomic E-state index is 0.0399. The van der Waals surface area contributed by atoms with Gasteiger partial charge in [0.05, 0.1) is 12.5 Å². The molecule has 0 fully saturated rings. The maximum Gasteiger partial charge on any atom is 0.314 e. The van der Waals surface area contributed by atoms with Crippen molar-refractivity contribution >= 4 is 5.97 Å². The van der Waals surface area contributed by atoms with Crippen LogP contribution in [0.1, 0.15) is 19.4 Å². The van der Waals surface area contributed by atoms with E-state index in [0.29, 0.717) is 18.5 Å². The lowest BCUT2D eigenvalue weighted by Gasteiger charge is -2.22. The summed E-state index contributed by atoms with van der Waals surface area (Å²) < 4.78 is 23.9. The second kappa shape index (κ2) is 6.52. The maximum atomic E-state index is 13.7. The lowest BCUT2D eigenvalue weighted by atomic mass is 9.95. The predicted molar refractivity (Wildman–Crippen MR) is 70.5 cm³/mol. The average molecular weight is 269 g/mol. The van der Waals surface area contributed by atoms with E-state index in [2.05, 4.69) is 4.74 Å². The molecule has 5 heteroatoms. The summed E-state index contributed by atoms with van der Waals surface area (Å²) in [7, 11) is 1.31. The molecule has 0 aliphatic carbocycles. The topological polar surface area (TPSA) is 61.5 Å². The molecule has 0 heterocycles. The van der Waals surface area contributed by atoms with E-state index in [0.717, 1.165) is 0 Å². The first-order chi connectivity index (χ1) is 8.92. The highest BCUT2D eigenvalue weighted by Crippen LogP contribution is 2.26. The Bertz CT molecular complexity index is 446. The van der Waals surface area contributed by atoms with E-state index in [4.69, 9.17) is 10.5 Å². The van der Waals surface area contributed by atoms with E-state index < -0.39 is 17.2 Å². The van der Waals surface area contributed by atoms with Gasteiger partial charge in [-0.3, -0.25) is 4.79 Å². The van der Waals surface area contributed by atoms with E-state index in [1.165, 1.54) is 13.2 Å². The molecule has 0 radical (unpaired) electrons. The second-order valence-corrected chi connectivity index (χ2v) is 4.93. The number of methoxy groups -OCH3 is 1. The van der Waals surface area contributed by atoms with Crippen LogP contribution in [0, 0.1) is 11.2 Å². The summed E-state index contributed by atoms with van der Waals surface area (Å²) in [5.74, 6) is -0.694. The van der Waals surface area contributed by atoms with Gasteiger partial charge in [-0.05, 0) is 38.4 Å². The molecular weight excluding hydrogens is 249 g/mol. The molecule has 106 valence electrons. The van der Waals surface area contributed by atoms with Crippen LogP contribution in [-0.4, -0.2) is 26.2 Å². The second-order valence-electron chi connectivity index (χ2n) is 4.93. The number of benzene rings is 1. The quantitative estimate of drug-likeness (QED) is 0.801. The normalized spacial score (nSPS) is 11.2. The zero-order valence-corrected chi connectivity index (χ0v) is 11.5. The van der Waals surface area contributed by atoms with Gasteiger partial charge in [-0.2, -0.15) is 0 Å². The number of esters is 1. The molecule has 19 heavy (non-hydrogen) atoms. The van der Waals surface area contributed by atoms with Crippen molar-refractivity contribution in [3.63, 3.8) is 0 Å². The molecule has 0 aliphatic heterocycles. The van der Waals surface area contributed by atoms with Gasteiger partial charge in [0.15, 0.2) is 11.6 Å². The highest BCUT2D eigenvalue weighted by Gasteiger charge is 2.30. The Hall–Kier alpha value is -1.62. The Morgan fingerprint density at radius 2 is 2.11 bits per heavy atom. The largest absolute Gasteiger partial charge is 0.489 e. The zero-order chi connectivity index (χ0) is 14.5. The van der Waals surface area contributed by atoms with Crippen LogP contribution in [0.15, 0.2) is 18.2 Å². The van der Waals surface area contributed by atoms with Gasteiger partial charge in [-0.1, -0.05) is 12.1 Å². The van der Waals surface area contributed by atoms with Crippen LogP contribution in [0.3, 0.4) is 0 Å². The first-order valence-electron chi connectivity index (χ1n) is 6.11. The van der Waals surface area contributed by atoms with Gasteiger partial charge in [0.1, 0.15) is 6.61 Å². The molecule has 2 N–H and O–H groups in total. The highest BCUT2D eigenvalue weighted by molar-refractivity contribution is 5.75. The molecule has 1 aromatic carbocycles. The number of halogens is 1. The molecule has 1 aromatic rings. The van der Waals surface area contributed by atoms with Crippen molar-refractivity contribution in [2.45, 2.75) is 20.3 Å². The average Bonchev–Trinajstić information content (AvgIpc) is 2.37. The Morgan fingerprint density at radius 1 is 1.42 bits per heavy atom. The number of nitrogens with two attached hydrogens (primary N) is 1. The van der Waals surface area contributed by atoms with Crippen molar-refractivity contribution < 1.29 is 18.7 Å². The van der Waals surface area contributed by atoms with Gasteiger partial charge in [-0.15, -0.1) is 0 Å². The fraction of sp³-hybridized carbons (Fsp3) is 0.500. The Balaban J connectivity index is 2.85. The third-order valence-electron chi connectivity index (χ3n) is 2.78. The van der Waals surface area contributed by atoms with Crippen LogP contribution in [0.4, 0.5) is 4.39 Å². The third-order valence-corrected chi connectivity index (χ3v) is 2.78. The molecule has 1 rings (SSSR count). The van der Waals surface area contributed by atoms with Gasteiger partial charge in [-0.25, -0.2) is 4.39 Å². The zero-order valence-electron chi connectivity index (χ0n) is 11.5. The third kappa shape index (κ3) is 3.92. The van der Waals surface area contributed by atoms with Crippen LogP contribution >= 0.6 is 0 Å². The van der Waals surface area contributed by atoms with Crippen molar-refractivity contribution in [2.75, 3.05) is 20.3 Å². The van der Waals surface area contributed by atoms with Crippen molar-refractivity contribution in [2.24, 2.45) is 11.1 Å². The van der Waals surface area contributed by atoms with E-state index >= 15 is 0 Å². The van der Waals surface area contributed by atoms with Crippen molar-refractivity contribution in [3.8, 4) is 5.75 Å². The van der Waals surface area contributed by atoms with Gasteiger partial charge < -0.3 is 15.2 Å². The van der Waals surface area contributed by atoms with Crippen LogP contribution in [0.5, 0.6) is 5.75 Å². The molecular formula is C14H20FNO3. The van der Waals surface area contributed by atoms with E-state index in [1.54, 1.807) is 26.0 Å². The Morgan fingerprint density at radius 3 is 2.68 bits per heavy atom. The fourth-order valence-electron chi connectivity index (χ4n) is 1.66. The monoisotopic (exact) mass is 269 g/mol. The maximum absolute atomic E-state index is 13.7. The standard InChI is InChI=1S/C14H20FNO3/c1-14(2,13(17)18-3)9-19-12-10(7-8-16)5-4-6-11(12)15/h4-6H,7-9,16H2,1-3H3. The molecule has 0 bridgehead atoms. The van der Waals surface area contributed by atoms with Gasteiger partial charge in [0, 0.05) is 0 Å². The summed E-state index contributed by atoms with van der Waals surface area (Å²) >= 11 is 0. The number of hydrogen-bond donors (Lipinski definition) is 1. The first-order valence-corrected chi connectivity index (χ1v) is 6.11. The van der Waals surface area contributed by atoms with Gasteiger partial charge in [0.25, 0.3) is 0 Å². The number of rotatable bonds is 6. The first kappa shape index (κ1) is 15.4. The lowest BCUT2D eigenvalue weighted by Crippen LogP contribution is -2.32. The number of carbonyl (C=O) groups is 1. The minimum Gasteiger partial charge on any atom is -0.489 e. The van der Waals surface area contributed by atoms with Crippen LogP contribution in [-0.2, 0) is 16.0 Å². The van der Waals surface area contributed by atoms with Crippen LogP contribution < -0.4 is 10.5 Å². The lowest BCUT2D eigenvalue weighted by molar-refractivity contribution is -0.152. The van der Waals surface area contributed by atoms with Crippen molar-refractivity contribution in [3.05, 3.63) is 29.6 Å².